The first-order chi connectivity index (χ1) is 24.4. The molecule has 0 aliphatic heterocycles. The van der Waals surface area contributed by atoms with Crippen LogP contribution in [-0.4, -0.2) is 47.8 Å². The first-order valence-corrected chi connectivity index (χ1v) is 20.0. The molecule has 0 spiro atoms. The number of carbonyl (C=O) groups excluding carboxylic acids is 1. The van der Waals surface area contributed by atoms with Crippen molar-refractivity contribution < 1.29 is 28.4 Å². The van der Waals surface area contributed by atoms with Crippen LogP contribution in [0.4, 0.5) is 0 Å². The molecule has 5 N–H and O–H groups in total. The summed E-state index contributed by atoms with van der Waals surface area (Å²) in [6, 6.07) is -0.912. The van der Waals surface area contributed by atoms with E-state index >= 15 is 0 Å². The van der Waals surface area contributed by atoms with Crippen molar-refractivity contribution in [2.45, 2.75) is 122 Å². The van der Waals surface area contributed by atoms with Crippen molar-refractivity contribution in [1.82, 2.24) is 5.32 Å². The summed E-state index contributed by atoms with van der Waals surface area (Å²) < 4.78 is 21.9. The summed E-state index contributed by atoms with van der Waals surface area (Å²) in [7, 11) is -4.36. The maximum atomic E-state index is 12.7. The number of carbonyl (C=O) groups is 1. The Bertz CT molecular complexity index is 1140. The van der Waals surface area contributed by atoms with Crippen LogP contribution in [-0.2, 0) is 18.4 Å². The van der Waals surface area contributed by atoms with Crippen molar-refractivity contribution in [3.05, 3.63) is 109 Å². The zero-order valence-corrected chi connectivity index (χ0v) is 31.7. The Labute approximate surface area is 304 Å². The van der Waals surface area contributed by atoms with Gasteiger partial charge >= 0.3 is 7.82 Å². The number of hydrogen-bond donors (Lipinski definition) is 4. The van der Waals surface area contributed by atoms with Gasteiger partial charge in [-0.25, -0.2) is 4.57 Å². The van der Waals surface area contributed by atoms with Gasteiger partial charge in [-0.3, -0.25) is 13.8 Å². The molecule has 0 heterocycles. The molecule has 0 fully saturated rings. The molecular weight excluding hydrogens is 647 g/mol. The SMILES string of the molecule is CC/C=C\C/C=C\C/C=C\C/C=C\C/C=C\C/C=C\CCCCC(=O)NC(COP(=O)(O)OCCN)C(O)/C=C/CC/C=C/CC/C=C/CC. The van der Waals surface area contributed by atoms with Gasteiger partial charge < -0.3 is 21.1 Å². The molecule has 50 heavy (non-hydrogen) atoms. The number of phosphoric ester groups is 1. The first-order valence-electron chi connectivity index (χ1n) is 18.5. The van der Waals surface area contributed by atoms with Crippen LogP contribution in [0.1, 0.15) is 110 Å². The molecule has 0 saturated carbocycles. The first kappa shape index (κ1) is 47.2. The molecule has 0 rings (SSSR count). The Balaban J connectivity index is 4.42. The number of phosphoric acid groups is 1. The summed E-state index contributed by atoms with van der Waals surface area (Å²) in [6.07, 6.45) is 50.1. The second-order valence-corrected chi connectivity index (χ2v) is 13.1. The van der Waals surface area contributed by atoms with Crippen LogP contribution >= 0.6 is 7.82 Å². The topological polar surface area (TPSA) is 131 Å². The largest absolute Gasteiger partial charge is 0.472 e. The Hall–Kier alpha value is -2.84. The summed E-state index contributed by atoms with van der Waals surface area (Å²) in [5.74, 6) is -0.260. The fraction of sp³-hybridized carbons (Fsp3) is 0.537. The number of nitrogens with two attached hydrogens (primary N) is 1. The highest BCUT2D eigenvalue weighted by Crippen LogP contribution is 2.43. The summed E-state index contributed by atoms with van der Waals surface area (Å²) in [5.41, 5.74) is 5.34. The minimum Gasteiger partial charge on any atom is -0.387 e. The van der Waals surface area contributed by atoms with Gasteiger partial charge in [0.05, 0.1) is 25.4 Å². The summed E-state index contributed by atoms with van der Waals surface area (Å²) in [5, 5.41) is 13.5. The van der Waals surface area contributed by atoms with E-state index in [-0.39, 0.29) is 32.1 Å². The molecule has 0 radical (unpaired) electrons. The standard InChI is InChI=1S/C41H67N2O6P/c1-3-5-7-9-11-13-15-16-17-18-19-20-21-22-23-24-25-27-29-31-33-35-41(45)43-39(38-49-50(46,47)48-37-36-42)40(44)34-32-30-28-26-14-12-10-8-6-4-2/h5-8,11,13-14,16-17,19-20,22-23,25-27,32,34,39-40,44H,3-4,9-10,12,15,18,21,24,28-31,33,35-38,42H2,1-2H3,(H,43,45)(H,46,47)/b7-5-,8-6+,13-11-,17-16-,20-19-,23-22-,26-14+,27-25-,34-32+. The molecule has 282 valence electrons. The van der Waals surface area contributed by atoms with Gasteiger partial charge in [-0.15, -0.1) is 0 Å². The lowest BCUT2D eigenvalue weighted by Crippen LogP contribution is -2.45. The average Bonchev–Trinajstić information content (AvgIpc) is 3.10. The highest BCUT2D eigenvalue weighted by molar-refractivity contribution is 7.47. The Kier molecular flexibility index (Phi) is 33.9. The third kappa shape index (κ3) is 33.6. The summed E-state index contributed by atoms with van der Waals surface area (Å²) in [4.78, 5) is 22.5. The summed E-state index contributed by atoms with van der Waals surface area (Å²) >= 11 is 0. The quantitative estimate of drug-likeness (QED) is 0.0310. The van der Waals surface area contributed by atoms with Gasteiger partial charge in [0.25, 0.3) is 0 Å². The van der Waals surface area contributed by atoms with E-state index in [4.69, 9.17) is 14.8 Å². The molecular formula is C41H67N2O6P. The maximum Gasteiger partial charge on any atom is 0.472 e. The lowest BCUT2D eigenvalue weighted by atomic mass is 10.1. The Morgan fingerprint density at radius 3 is 1.62 bits per heavy atom. The number of unbranched alkanes of at least 4 members (excludes halogenated alkanes) is 4. The van der Waals surface area contributed by atoms with Crippen LogP contribution in [0.5, 0.6) is 0 Å². The fourth-order valence-corrected chi connectivity index (χ4v) is 5.11. The third-order valence-corrected chi connectivity index (χ3v) is 8.06. The minimum absolute atomic E-state index is 0.0574. The van der Waals surface area contributed by atoms with Crippen molar-refractivity contribution in [3.63, 3.8) is 0 Å². The maximum absolute atomic E-state index is 12.7. The number of amides is 1. The van der Waals surface area contributed by atoms with E-state index in [1.807, 2.05) is 6.08 Å². The van der Waals surface area contributed by atoms with Crippen molar-refractivity contribution in [3.8, 4) is 0 Å². The molecule has 0 aromatic heterocycles. The zero-order chi connectivity index (χ0) is 36.8. The van der Waals surface area contributed by atoms with Gasteiger partial charge in [0, 0.05) is 13.0 Å². The number of rotatable bonds is 32. The molecule has 0 aromatic carbocycles. The zero-order valence-electron chi connectivity index (χ0n) is 30.8. The van der Waals surface area contributed by atoms with Crippen molar-refractivity contribution in [2.24, 2.45) is 5.73 Å². The highest BCUT2D eigenvalue weighted by Gasteiger charge is 2.26. The van der Waals surface area contributed by atoms with Crippen LogP contribution in [0, 0.1) is 0 Å². The molecule has 0 bridgehead atoms. The molecule has 0 aliphatic carbocycles. The van der Waals surface area contributed by atoms with E-state index in [0.717, 1.165) is 77.0 Å². The molecule has 0 aliphatic rings. The molecule has 3 atom stereocenters. The molecule has 3 unspecified atom stereocenters. The summed E-state index contributed by atoms with van der Waals surface area (Å²) in [6.45, 7) is 3.78. The Morgan fingerprint density at radius 2 is 1.10 bits per heavy atom. The lowest BCUT2D eigenvalue weighted by Gasteiger charge is -2.23. The minimum atomic E-state index is -4.36. The van der Waals surface area contributed by atoms with Gasteiger partial charge in [0.15, 0.2) is 0 Å². The van der Waals surface area contributed by atoms with Crippen molar-refractivity contribution >= 4 is 13.7 Å². The number of aliphatic hydroxyl groups is 1. The normalized spacial score (nSPS) is 15.5. The second kappa shape index (κ2) is 36.0. The highest BCUT2D eigenvalue weighted by atomic mass is 31.2. The van der Waals surface area contributed by atoms with E-state index in [1.165, 1.54) is 0 Å². The van der Waals surface area contributed by atoms with E-state index in [2.05, 4.69) is 116 Å². The number of aliphatic hydroxyl groups excluding tert-OH is 1. The van der Waals surface area contributed by atoms with Crippen molar-refractivity contribution in [1.29, 1.82) is 0 Å². The van der Waals surface area contributed by atoms with Crippen LogP contribution in [0.3, 0.4) is 0 Å². The lowest BCUT2D eigenvalue weighted by molar-refractivity contribution is -0.123. The van der Waals surface area contributed by atoms with E-state index in [9.17, 15) is 19.4 Å². The van der Waals surface area contributed by atoms with Crippen LogP contribution in [0.2, 0.25) is 0 Å². The molecule has 8 nitrogen and oxygen atoms in total. The van der Waals surface area contributed by atoms with Crippen LogP contribution in [0.25, 0.3) is 0 Å². The van der Waals surface area contributed by atoms with Gasteiger partial charge in [-0.2, -0.15) is 0 Å². The number of hydrogen-bond acceptors (Lipinski definition) is 6. The van der Waals surface area contributed by atoms with Gasteiger partial charge in [-0.05, 0) is 89.9 Å². The van der Waals surface area contributed by atoms with Gasteiger partial charge in [0.1, 0.15) is 0 Å². The van der Waals surface area contributed by atoms with E-state index in [0.29, 0.717) is 12.8 Å². The number of allylic oxidation sites excluding steroid dienone is 17. The van der Waals surface area contributed by atoms with Gasteiger partial charge in [0.2, 0.25) is 5.91 Å². The second-order valence-electron chi connectivity index (χ2n) is 11.6. The fourth-order valence-electron chi connectivity index (χ4n) is 4.35. The van der Waals surface area contributed by atoms with Gasteiger partial charge in [-0.1, -0.05) is 123 Å². The number of nitrogens with one attached hydrogen (secondary N) is 1. The monoisotopic (exact) mass is 714 g/mol. The smallest absolute Gasteiger partial charge is 0.387 e. The predicted octanol–water partition coefficient (Wildman–Crippen LogP) is 9.82. The van der Waals surface area contributed by atoms with E-state index in [1.54, 1.807) is 6.08 Å². The van der Waals surface area contributed by atoms with Crippen LogP contribution < -0.4 is 11.1 Å². The molecule has 1 amide bonds. The van der Waals surface area contributed by atoms with Crippen LogP contribution in [0.15, 0.2) is 109 Å². The molecule has 9 heteroatoms. The predicted molar refractivity (Wildman–Crippen MR) is 212 cm³/mol. The third-order valence-electron chi connectivity index (χ3n) is 7.07. The Morgan fingerprint density at radius 1 is 0.660 bits per heavy atom. The molecule has 0 aromatic rings. The van der Waals surface area contributed by atoms with E-state index < -0.39 is 20.0 Å². The van der Waals surface area contributed by atoms with Crippen molar-refractivity contribution in [2.75, 3.05) is 19.8 Å². The molecule has 0 saturated heterocycles. The average molecular weight is 715 g/mol.